The number of likely N-dealkylation sites (N-methyl/N-ethyl adjacent to an activating group) is 1. The number of carbonyl (C=O) groups is 2. The van der Waals surface area contributed by atoms with Crippen molar-refractivity contribution in [2.45, 2.75) is 47.5 Å². The largest absolute Gasteiger partial charge is 0.469 e. The predicted octanol–water partition coefficient (Wildman–Crippen LogP) is 2.73. The van der Waals surface area contributed by atoms with Crippen LogP contribution in [0.4, 0.5) is 0 Å². The Morgan fingerprint density at radius 3 is 2.05 bits per heavy atom. The van der Waals surface area contributed by atoms with E-state index >= 15 is 0 Å². The maximum atomic E-state index is 12.3. The van der Waals surface area contributed by atoms with E-state index in [-0.39, 0.29) is 11.9 Å². The minimum absolute atomic E-state index is 0.268. The van der Waals surface area contributed by atoms with Crippen LogP contribution in [0, 0.1) is 16.7 Å². The number of rotatable bonds is 9. The molecule has 130 valence electrons. The molecule has 0 bridgehead atoms. The molecule has 0 aliphatic carbocycles. The maximum absolute atomic E-state index is 12.3. The van der Waals surface area contributed by atoms with Crippen molar-refractivity contribution in [2.75, 3.05) is 34.4 Å². The minimum Gasteiger partial charge on any atom is -0.469 e. The molecule has 0 rings (SSSR count). The molecule has 0 amide bonds. The van der Waals surface area contributed by atoms with Gasteiger partial charge in [0.1, 0.15) is 6.61 Å². The zero-order chi connectivity index (χ0) is 17.6. The van der Waals surface area contributed by atoms with Gasteiger partial charge in [0.2, 0.25) is 0 Å². The Hall–Kier alpha value is -1.10. The fourth-order valence-corrected chi connectivity index (χ4v) is 2.94. The van der Waals surface area contributed by atoms with Crippen LogP contribution >= 0.6 is 0 Å². The molecule has 0 heterocycles. The summed E-state index contributed by atoms with van der Waals surface area (Å²) in [5.41, 5.74) is -1.42. The highest BCUT2D eigenvalue weighted by molar-refractivity contribution is 5.80. The van der Waals surface area contributed by atoms with Crippen molar-refractivity contribution in [2.24, 2.45) is 16.7 Å². The summed E-state index contributed by atoms with van der Waals surface area (Å²) in [6, 6.07) is 0. The molecule has 0 aromatic rings. The molecule has 0 saturated carbocycles. The van der Waals surface area contributed by atoms with Gasteiger partial charge in [-0.1, -0.05) is 13.8 Å². The Balaban J connectivity index is 4.93. The molecule has 5 nitrogen and oxygen atoms in total. The van der Waals surface area contributed by atoms with Gasteiger partial charge in [-0.05, 0) is 53.6 Å². The van der Waals surface area contributed by atoms with E-state index in [9.17, 15) is 9.59 Å². The third-order valence-electron chi connectivity index (χ3n) is 3.69. The van der Waals surface area contributed by atoms with Crippen molar-refractivity contribution in [3.63, 3.8) is 0 Å². The summed E-state index contributed by atoms with van der Waals surface area (Å²) < 4.78 is 10.3. The highest BCUT2D eigenvalue weighted by Gasteiger charge is 2.43. The maximum Gasteiger partial charge on any atom is 0.311 e. The van der Waals surface area contributed by atoms with Crippen LogP contribution in [-0.4, -0.2) is 51.2 Å². The topological polar surface area (TPSA) is 55.8 Å². The van der Waals surface area contributed by atoms with Crippen LogP contribution in [0.2, 0.25) is 0 Å². The zero-order valence-corrected chi connectivity index (χ0v) is 15.5. The SMILES string of the molecule is COC(=O)C(C)(CC(C)C)CC(C)(C)C(=O)OCCN(C)C. The molecule has 0 saturated heterocycles. The number of methoxy groups -OCH3 is 1. The van der Waals surface area contributed by atoms with Crippen molar-refractivity contribution >= 4 is 11.9 Å². The highest BCUT2D eigenvalue weighted by atomic mass is 16.5. The van der Waals surface area contributed by atoms with E-state index in [1.165, 1.54) is 7.11 Å². The van der Waals surface area contributed by atoms with Gasteiger partial charge in [-0.25, -0.2) is 0 Å². The van der Waals surface area contributed by atoms with Crippen molar-refractivity contribution in [3.05, 3.63) is 0 Å². The molecule has 0 aromatic heterocycles. The summed E-state index contributed by atoms with van der Waals surface area (Å²) in [5, 5.41) is 0. The third-order valence-corrected chi connectivity index (χ3v) is 3.69. The van der Waals surface area contributed by atoms with Crippen LogP contribution in [0.15, 0.2) is 0 Å². The molecule has 1 unspecified atom stereocenters. The Morgan fingerprint density at radius 1 is 1.09 bits per heavy atom. The number of carbonyl (C=O) groups excluding carboxylic acids is 2. The number of ether oxygens (including phenoxy) is 2. The van der Waals surface area contributed by atoms with Crippen LogP contribution in [-0.2, 0) is 19.1 Å². The lowest BCUT2D eigenvalue weighted by Crippen LogP contribution is -2.40. The van der Waals surface area contributed by atoms with Gasteiger partial charge in [0.15, 0.2) is 0 Å². The van der Waals surface area contributed by atoms with Gasteiger partial charge in [0, 0.05) is 6.54 Å². The van der Waals surface area contributed by atoms with Gasteiger partial charge in [0.25, 0.3) is 0 Å². The summed E-state index contributed by atoms with van der Waals surface area (Å²) in [4.78, 5) is 26.5. The lowest BCUT2D eigenvalue weighted by molar-refractivity contribution is -0.162. The van der Waals surface area contributed by atoms with E-state index in [2.05, 4.69) is 13.8 Å². The average molecular weight is 315 g/mol. The smallest absolute Gasteiger partial charge is 0.311 e. The highest BCUT2D eigenvalue weighted by Crippen LogP contribution is 2.40. The molecule has 22 heavy (non-hydrogen) atoms. The first-order valence-corrected chi connectivity index (χ1v) is 7.85. The van der Waals surface area contributed by atoms with E-state index in [0.717, 1.165) is 0 Å². The summed E-state index contributed by atoms with van der Waals surface area (Å²) in [6.45, 7) is 10.7. The molecule has 5 heteroatoms. The van der Waals surface area contributed by atoms with Gasteiger partial charge < -0.3 is 14.4 Å². The van der Waals surface area contributed by atoms with Gasteiger partial charge in [-0.2, -0.15) is 0 Å². The molecule has 0 fully saturated rings. The second-order valence-electron chi connectivity index (χ2n) is 7.65. The van der Waals surface area contributed by atoms with Crippen LogP contribution in [0.5, 0.6) is 0 Å². The van der Waals surface area contributed by atoms with Crippen molar-refractivity contribution in [3.8, 4) is 0 Å². The van der Waals surface area contributed by atoms with Crippen molar-refractivity contribution in [1.29, 1.82) is 0 Å². The molecule has 1 atom stereocenters. The second-order valence-corrected chi connectivity index (χ2v) is 7.65. The summed E-state index contributed by atoms with van der Waals surface area (Å²) >= 11 is 0. The normalized spacial score (nSPS) is 14.8. The Labute approximate surface area is 135 Å². The number of nitrogens with zero attached hydrogens (tertiary/aromatic N) is 1. The predicted molar refractivity (Wildman–Crippen MR) is 87.5 cm³/mol. The Bertz CT molecular complexity index is 377. The fourth-order valence-electron chi connectivity index (χ4n) is 2.94. The van der Waals surface area contributed by atoms with Gasteiger partial charge in [-0.15, -0.1) is 0 Å². The number of hydrogen-bond donors (Lipinski definition) is 0. The first-order valence-electron chi connectivity index (χ1n) is 7.85. The molecule has 0 aliphatic heterocycles. The molecule has 0 N–H and O–H groups in total. The molecular weight excluding hydrogens is 282 g/mol. The van der Waals surface area contributed by atoms with E-state index < -0.39 is 10.8 Å². The Morgan fingerprint density at radius 2 is 1.64 bits per heavy atom. The van der Waals surface area contributed by atoms with Crippen LogP contribution in [0.1, 0.15) is 47.5 Å². The average Bonchev–Trinajstić information content (AvgIpc) is 2.35. The van der Waals surface area contributed by atoms with E-state index in [1.54, 1.807) is 0 Å². The number of hydrogen-bond acceptors (Lipinski definition) is 5. The summed E-state index contributed by atoms with van der Waals surface area (Å²) in [6.07, 6.45) is 1.08. The standard InChI is InChI=1S/C17H33NO4/c1-13(2)11-17(5,15(20)21-8)12-16(3,4)14(19)22-10-9-18(6)7/h13H,9-12H2,1-8H3. The van der Waals surface area contributed by atoms with Crippen LogP contribution in [0.25, 0.3) is 0 Å². The first-order chi connectivity index (χ1) is 9.94. The zero-order valence-electron chi connectivity index (χ0n) is 15.5. The molecule has 0 aromatic carbocycles. The van der Waals surface area contributed by atoms with Gasteiger partial charge in [-0.3, -0.25) is 9.59 Å². The first kappa shape index (κ1) is 20.9. The van der Waals surface area contributed by atoms with E-state index in [1.807, 2.05) is 39.8 Å². The molecule has 0 aliphatic rings. The van der Waals surface area contributed by atoms with Crippen molar-refractivity contribution in [1.82, 2.24) is 4.90 Å². The second kappa shape index (κ2) is 8.51. The summed E-state index contributed by atoms with van der Waals surface area (Å²) in [5.74, 6) is -0.201. The van der Waals surface area contributed by atoms with E-state index in [4.69, 9.17) is 9.47 Å². The quantitative estimate of drug-likeness (QED) is 0.612. The number of esters is 2. The molecule has 0 spiro atoms. The fraction of sp³-hybridized carbons (Fsp3) is 0.882. The third kappa shape index (κ3) is 6.77. The van der Waals surface area contributed by atoms with E-state index in [0.29, 0.717) is 31.9 Å². The minimum atomic E-state index is -0.732. The lowest BCUT2D eigenvalue weighted by Gasteiger charge is -2.35. The molecule has 0 radical (unpaired) electrons. The van der Waals surface area contributed by atoms with Crippen molar-refractivity contribution < 1.29 is 19.1 Å². The molecular formula is C17H33NO4. The summed E-state index contributed by atoms with van der Waals surface area (Å²) in [7, 11) is 5.25. The Kier molecular flexibility index (Phi) is 8.09. The van der Waals surface area contributed by atoms with Gasteiger partial charge >= 0.3 is 11.9 Å². The van der Waals surface area contributed by atoms with Crippen LogP contribution in [0.3, 0.4) is 0 Å². The van der Waals surface area contributed by atoms with Crippen LogP contribution < -0.4 is 0 Å². The monoisotopic (exact) mass is 315 g/mol. The lowest BCUT2D eigenvalue weighted by atomic mass is 9.70. The van der Waals surface area contributed by atoms with Gasteiger partial charge in [0.05, 0.1) is 17.9 Å².